The number of nitrogens with zero attached hydrogens (tertiary/aromatic N) is 4. The van der Waals surface area contributed by atoms with Crippen LogP contribution in [0.1, 0.15) is 42.4 Å². The first-order chi connectivity index (χ1) is 17.0. The molecule has 5 rings (SSSR count). The number of benzene rings is 2. The molecule has 1 N–H and O–H groups in total. The van der Waals surface area contributed by atoms with Crippen molar-refractivity contribution < 1.29 is 9.53 Å². The minimum Gasteiger partial charge on any atom is -0.497 e. The minimum atomic E-state index is -0.279. The standard InChI is InChI=1S/C28H31N5O2/c1-19(2)17-29-28(34)32-18-24-20(3)30-33(22-9-6-5-7-10-22)27(24)31-16-8-11-25(31)26(32)21-12-14-23(35-4)15-13-21/h5-16,19,26H,17-18H2,1-4H3,(H,29,34)/t26-/m1/s1. The zero-order chi connectivity index (χ0) is 24.5. The van der Waals surface area contributed by atoms with Gasteiger partial charge in [0.05, 0.1) is 36.8 Å². The van der Waals surface area contributed by atoms with E-state index in [2.05, 4.69) is 48.1 Å². The average Bonchev–Trinajstić information content (AvgIpc) is 3.43. The van der Waals surface area contributed by atoms with Crippen LogP contribution >= 0.6 is 0 Å². The van der Waals surface area contributed by atoms with Crippen molar-refractivity contribution in [1.29, 1.82) is 0 Å². The van der Waals surface area contributed by atoms with E-state index in [1.165, 1.54) is 0 Å². The molecule has 0 aliphatic carbocycles. The van der Waals surface area contributed by atoms with Gasteiger partial charge in [-0.05, 0) is 54.8 Å². The Morgan fingerprint density at radius 1 is 1.09 bits per heavy atom. The highest BCUT2D eigenvalue weighted by molar-refractivity contribution is 5.76. The van der Waals surface area contributed by atoms with E-state index in [1.54, 1.807) is 7.11 Å². The molecule has 0 fully saturated rings. The third-order valence-electron chi connectivity index (χ3n) is 6.44. The second-order valence-corrected chi connectivity index (χ2v) is 9.32. The van der Waals surface area contributed by atoms with Gasteiger partial charge in [-0.3, -0.25) is 0 Å². The van der Waals surface area contributed by atoms with E-state index in [-0.39, 0.29) is 12.1 Å². The van der Waals surface area contributed by atoms with Crippen molar-refractivity contribution in [3.8, 4) is 17.3 Å². The highest BCUT2D eigenvalue weighted by Gasteiger charge is 2.35. The van der Waals surface area contributed by atoms with Gasteiger partial charge in [0.15, 0.2) is 0 Å². The van der Waals surface area contributed by atoms with Crippen LogP contribution < -0.4 is 10.1 Å². The number of urea groups is 1. The van der Waals surface area contributed by atoms with Gasteiger partial charge in [0.2, 0.25) is 0 Å². The number of amides is 2. The number of rotatable bonds is 5. The number of hydrogen-bond acceptors (Lipinski definition) is 3. The number of carbonyl (C=O) groups is 1. The lowest BCUT2D eigenvalue weighted by Crippen LogP contribution is -2.43. The molecule has 7 heteroatoms. The largest absolute Gasteiger partial charge is 0.497 e. The van der Waals surface area contributed by atoms with Gasteiger partial charge in [-0.25, -0.2) is 9.48 Å². The Labute approximate surface area is 205 Å². The highest BCUT2D eigenvalue weighted by Crippen LogP contribution is 2.38. The van der Waals surface area contributed by atoms with Gasteiger partial charge in [-0.1, -0.05) is 44.2 Å². The Morgan fingerprint density at radius 3 is 2.51 bits per heavy atom. The van der Waals surface area contributed by atoms with Crippen LogP contribution in [0.25, 0.3) is 11.5 Å². The zero-order valence-corrected chi connectivity index (χ0v) is 20.6. The quantitative estimate of drug-likeness (QED) is 0.434. The van der Waals surface area contributed by atoms with Gasteiger partial charge in [0.1, 0.15) is 11.6 Å². The number of aryl methyl sites for hydroxylation is 1. The number of carbonyl (C=O) groups excluding carboxylic acids is 1. The molecule has 0 saturated carbocycles. The van der Waals surface area contributed by atoms with E-state index in [9.17, 15) is 4.79 Å². The first kappa shape index (κ1) is 22.8. The number of aromatic nitrogens is 3. The number of hydrogen-bond donors (Lipinski definition) is 1. The Kier molecular flexibility index (Phi) is 6.07. The zero-order valence-electron chi connectivity index (χ0n) is 20.6. The lowest BCUT2D eigenvalue weighted by atomic mass is 10.0. The summed E-state index contributed by atoms with van der Waals surface area (Å²) in [5.74, 6) is 2.10. The van der Waals surface area contributed by atoms with Gasteiger partial charge < -0.3 is 19.5 Å². The molecule has 35 heavy (non-hydrogen) atoms. The molecule has 2 amide bonds. The average molecular weight is 470 g/mol. The topological polar surface area (TPSA) is 64.3 Å². The van der Waals surface area contributed by atoms with Gasteiger partial charge in [0, 0.05) is 18.3 Å². The van der Waals surface area contributed by atoms with Gasteiger partial charge >= 0.3 is 6.03 Å². The van der Waals surface area contributed by atoms with Crippen LogP contribution in [-0.4, -0.2) is 38.9 Å². The van der Waals surface area contributed by atoms with Gasteiger partial charge in [-0.15, -0.1) is 0 Å². The fraction of sp³-hybridized carbons (Fsp3) is 0.286. The number of nitrogens with one attached hydrogen (secondary N) is 1. The second kappa shape index (κ2) is 9.33. The van der Waals surface area contributed by atoms with Crippen molar-refractivity contribution >= 4 is 6.03 Å². The summed E-state index contributed by atoms with van der Waals surface area (Å²) in [6.07, 6.45) is 2.06. The predicted octanol–water partition coefficient (Wildman–Crippen LogP) is 5.25. The summed E-state index contributed by atoms with van der Waals surface area (Å²) in [7, 11) is 1.66. The molecule has 0 bridgehead atoms. The lowest BCUT2D eigenvalue weighted by Gasteiger charge is -2.31. The van der Waals surface area contributed by atoms with Crippen LogP contribution in [0.2, 0.25) is 0 Å². The Hall–Kier alpha value is -4.00. The molecule has 180 valence electrons. The van der Waals surface area contributed by atoms with Crippen molar-refractivity contribution in [2.75, 3.05) is 13.7 Å². The maximum atomic E-state index is 13.6. The third-order valence-corrected chi connectivity index (χ3v) is 6.44. The summed E-state index contributed by atoms with van der Waals surface area (Å²) in [6, 6.07) is 21.8. The number of fused-ring (bicyclic) bond motifs is 3. The number of ether oxygens (including phenoxy) is 1. The van der Waals surface area contributed by atoms with Gasteiger partial charge in [-0.2, -0.15) is 5.10 Å². The summed E-state index contributed by atoms with van der Waals surface area (Å²) in [5.41, 5.74) is 4.94. The SMILES string of the molecule is COc1ccc([C@@H]2c3cccn3-c3c(c(C)nn3-c3ccccc3)CN2C(=O)NCC(C)C)cc1. The van der Waals surface area contributed by atoms with Crippen LogP contribution in [0.5, 0.6) is 5.75 Å². The predicted molar refractivity (Wildman–Crippen MR) is 136 cm³/mol. The monoisotopic (exact) mass is 469 g/mol. The molecule has 0 saturated heterocycles. The molecule has 7 nitrogen and oxygen atoms in total. The summed E-state index contributed by atoms with van der Waals surface area (Å²) in [5, 5.41) is 8.03. The third kappa shape index (κ3) is 4.18. The van der Waals surface area contributed by atoms with Crippen LogP contribution in [0.3, 0.4) is 0 Å². The fourth-order valence-corrected chi connectivity index (χ4v) is 4.68. The van der Waals surface area contributed by atoms with E-state index in [0.717, 1.165) is 39.8 Å². The van der Waals surface area contributed by atoms with Gasteiger partial charge in [0.25, 0.3) is 0 Å². The van der Waals surface area contributed by atoms with Crippen LogP contribution in [0.4, 0.5) is 4.79 Å². The molecular weight excluding hydrogens is 438 g/mol. The smallest absolute Gasteiger partial charge is 0.318 e. The Balaban J connectivity index is 1.69. The van der Waals surface area contributed by atoms with Crippen molar-refractivity contribution in [1.82, 2.24) is 24.6 Å². The minimum absolute atomic E-state index is 0.0908. The van der Waals surface area contributed by atoms with Crippen molar-refractivity contribution in [3.63, 3.8) is 0 Å². The van der Waals surface area contributed by atoms with Crippen LogP contribution in [0, 0.1) is 12.8 Å². The highest BCUT2D eigenvalue weighted by atomic mass is 16.5. The van der Waals surface area contributed by atoms with E-state index in [0.29, 0.717) is 19.0 Å². The molecule has 3 heterocycles. The summed E-state index contributed by atoms with van der Waals surface area (Å²) < 4.78 is 9.54. The Morgan fingerprint density at radius 2 is 1.83 bits per heavy atom. The molecular formula is C28H31N5O2. The second-order valence-electron chi connectivity index (χ2n) is 9.32. The first-order valence-electron chi connectivity index (χ1n) is 12.0. The van der Waals surface area contributed by atoms with E-state index >= 15 is 0 Å². The molecule has 1 aliphatic heterocycles. The number of para-hydroxylation sites is 1. The molecule has 0 radical (unpaired) electrons. The maximum absolute atomic E-state index is 13.6. The van der Waals surface area contributed by atoms with Crippen LogP contribution in [-0.2, 0) is 6.54 Å². The van der Waals surface area contributed by atoms with E-state index < -0.39 is 0 Å². The maximum Gasteiger partial charge on any atom is 0.318 e. The molecule has 1 atom stereocenters. The molecule has 2 aromatic carbocycles. The molecule has 2 aromatic heterocycles. The van der Waals surface area contributed by atoms with Crippen molar-refractivity contribution in [3.05, 3.63) is 95.4 Å². The van der Waals surface area contributed by atoms with Crippen molar-refractivity contribution in [2.24, 2.45) is 5.92 Å². The summed E-state index contributed by atoms with van der Waals surface area (Å²) in [4.78, 5) is 15.6. The molecule has 1 aliphatic rings. The Bertz CT molecular complexity index is 1320. The molecule has 4 aromatic rings. The summed E-state index contributed by atoms with van der Waals surface area (Å²) in [6.45, 7) is 7.26. The molecule has 0 unspecified atom stereocenters. The van der Waals surface area contributed by atoms with Crippen LogP contribution in [0.15, 0.2) is 72.9 Å². The van der Waals surface area contributed by atoms with E-state index in [1.807, 2.05) is 65.0 Å². The van der Waals surface area contributed by atoms with Crippen molar-refractivity contribution in [2.45, 2.75) is 33.4 Å². The molecule has 0 spiro atoms. The fourth-order valence-electron chi connectivity index (χ4n) is 4.68. The summed E-state index contributed by atoms with van der Waals surface area (Å²) >= 11 is 0. The normalized spacial score (nSPS) is 14.9. The lowest BCUT2D eigenvalue weighted by molar-refractivity contribution is 0.179. The first-order valence-corrected chi connectivity index (χ1v) is 12.0. The number of methoxy groups -OCH3 is 1. The van der Waals surface area contributed by atoms with E-state index in [4.69, 9.17) is 9.84 Å².